The summed E-state index contributed by atoms with van der Waals surface area (Å²) in [6, 6.07) is 5.19. The summed E-state index contributed by atoms with van der Waals surface area (Å²) in [6.07, 6.45) is 2.34. The molecule has 0 bridgehead atoms. The van der Waals surface area contributed by atoms with Crippen molar-refractivity contribution in [2.45, 2.75) is 38.1 Å². The van der Waals surface area contributed by atoms with E-state index < -0.39 is 11.5 Å². The second kappa shape index (κ2) is 5.83. The van der Waals surface area contributed by atoms with Crippen LogP contribution < -0.4 is 10.6 Å². The van der Waals surface area contributed by atoms with Crippen molar-refractivity contribution in [2.75, 3.05) is 5.32 Å². The molecule has 0 heterocycles. The summed E-state index contributed by atoms with van der Waals surface area (Å²) in [6.45, 7) is 1.90. The van der Waals surface area contributed by atoms with Gasteiger partial charge in [0.05, 0.1) is 12.0 Å². The maximum atomic E-state index is 12.0. The zero-order valence-corrected chi connectivity index (χ0v) is 12.8. The summed E-state index contributed by atoms with van der Waals surface area (Å²) >= 11 is 3.41. The van der Waals surface area contributed by atoms with E-state index in [0.717, 1.165) is 16.5 Å². The standard InChI is InChI=1S/C14H17BrN2O3/c1-9-10(15)4-2-5-11(9)16-13(20)17-14(6-3-7-14)8-12(18)19/h2,4-5H,3,6-8H2,1H3,(H,18,19)(H2,16,17,20). The highest BCUT2D eigenvalue weighted by molar-refractivity contribution is 9.10. The largest absolute Gasteiger partial charge is 0.481 e. The molecule has 1 aliphatic rings. The molecule has 3 N–H and O–H groups in total. The number of halogens is 1. The number of benzene rings is 1. The number of aliphatic carboxylic acids is 1. The van der Waals surface area contributed by atoms with E-state index in [1.165, 1.54) is 0 Å². The molecule has 0 unspecified atom stereocenters. The van der Waals surface area contributed by atoms with Gasteiger partial charge in [0.1, 0.15) is 0 Å². The van der Waals surface area contributed by atoms with E-state index in [0.29, 0.717) is 18.5 Å². The number of amides is 2. The summed E-state index contributed by atoms with van der Waals surface area (Å²) in [7, 11) is 0. The van der Waals surface area contributed by atoms with Gasteiger partial charge in [0, 0.05) is 10.2 Å². The predicted molar refractivity (Wildman–Crippen MR) is 79.9 cm³/mol. The van der Waals surface area contributed by atoms with Crippen LogP contribution in [0.3, 0.4) is 0 Å². The number of carboxylic acids is 1. The number of hydrogen-bond donors (Lipinski definition) is 3. The fourth-order valence-corrected chi connectivity index (χ4v) is 2.74. The van der Waals surface area contributed by atoms with Crippen LogP contribution in [0.2, 0.25) is 0 Å². The third kappa shape index (κ3) is 3.30. The smallest absolute Gasteiger partial charge is 0.319 e. The fourth-order valence-electron chi connectivity index (χ4n) is 2.38. The quantitative estimate of drug-likeness (QED) is 0.786. The molecule has 1 saturated carbocycles. The van der Waals surface area contributed by atoms with Crippen molar-refractivity contribution < 1.29 is 14.7 Å². The molecule has 6 heteroatoms. The maximum Gasteiger partial charge on any atom is 0.319 e. The molecule has 1 aromatic carbocycles. The van der Waals surface area contributed by atoms with Gasteiger partial charge in [-0.3, -0.25) is 4.79 Å². The number of anilines is 1. The number of rotatable bonds is 4. The van der Waals surface area contributed by atoms with Gasteiger partial charge in [-0.1, -0.05) is 22.0 Å². The Kier molecular flexibility index (Phi) is 4.32. The Balaban J connectivity index is 2.02. The molecule has 1 aliphatic carbocycles. The molecule has 0 saturated heterocycles. The normalized spacial score (nSPS) is 16.1. The number of nitrogens with one attached hydrogen (secondary N) is 2. The third-order valence-electron chi connectivity index (χ3n) is 3.69. The van der Waals surface area contributed by atoms with E-state index >= 15 is 0 Å². The molecule has 0 atom stereocenters. The molecule has 108 valence electrons. The lowest BCUT2D eigenvalue weighted by molar-refractivity contribution is -0.139. The van der Waals surface area contributed by atoms with Gasteiger partial charge in [-0.25, -0.2) is 4.79 Å². The Morgan fingerprint density at radius 3 is 2.65 bits per heavy atom. The Labute approximate surface area is 125 Å². The van der Waals surface area contributed by atoms with Crippen molar-refractivity contribution in [3.05, 3.63) is 28.2 Å². The minimum Gasteiger partial charge on any atom is -0.481 e. The van der Waals surface area contributed by atoms with E-state index in [-0.39, 0.29) is 12.5 Å². The lowest BCUT2D eigenvalue weighted by atomic mass is 9.74. The van der Waals surface area contributed by atoms with E-state index in [1.807, 2.05) is 25.1 Å². The number of carbonyl (C=O) groups excluding carboxylic acids is 1. The summed E-state index contributed by atoms with van der Waals surface area (Å²) in [5.74, 6) is -0.886. The number of carbonyl (C=O) groups is 2. The van der Waals surface area contributed by atoms with E-state index in [1.54, 1.807) is 0 Å². The second-order valence-corrected chi connectivity index (χ2v) is 6.05. The summed E-state index contributed by atoms with van der Waals surface area (Å²) in [4.78, 5) is 22.9. The molecule has 0 aromatic heterocycles. The fraction of sp³-hybridized carbons (Fsp3) is 0.429. The zero-order chi connectivity index (χ0) is 14.8. The molecule has 20 heavy (non-hydrogen) atoms. The van der Waals surface area contributed by atoms with Gasteiger partial charge in [-0.05, 0) is 43.9 Å². The lowest BCUT2D eigenvalue weighted by Gasteiger charge is -2.41. The Bertz CT molecular complexity index is 541. The number of carboxylic acid groups (broad SMARTS) is 1. The number of urea groups is 1. The van der Waals surface area contributed by atoms with Gasteiger partial charge in [0.2, 0.25) is 0 Å². The van der Waals surface area contributed by atoms with Crippen LogP contribution in [0.15, 0.2) is 22.7 Å². The molecule has 5 nitrogen and oxygen atoms in total. The molecule has 0 radical (unpaired) electrons. The van der Waals surface area contributed by atoms with E-state index in [2.05, 4.69) is 26.6 Å². The average Bonchev–Trinajstić information content (AvgIpc) is 2.31. The highest BCUT2D eigenvalue weighted by Crippen LogP contribution is 2.35. The third-order valence-corrected chi connectivity index (χ3v) is 4.55. The molecule has 1 fully saturated rings. The molecule has 2 amide bonds. The van der Waals surface area contributed by atoms with E-state index in [9.17, 15) is 9.59 Å². The molecular weight excluding hydrogens is 324 g/mol. The van der Waals surface area contributed by atoms with Crippen LogP contribution >= 0.6 is 15.9 Å². The monoisotopic (exact) mass is 340 g/mol. The van der Waals surface area contributed by atoms with Gasteiger partial charge in [-0.2, -0.15) is 0 Å². The molecule has 2 rings (SSSR count). The van der Waals surface area contributed by atoms with Crippen molar-refractivity contribution in [1.29, 1.82) is 0 Å². The second-order valence-electron chi connectivity index (χ2n) is 5.20. The predicted octanol–water partition coefficient (Wildman–Crippen LogP) is 3.28. The van der Waals surface area contributed by atoms with Gasteiger partial charge in [0.25, 0.3) is 0 Å². The highest BCUT2D eigenvalue weighted by atomic mass is 79.9. The minimum absolute atomic E-state index is 0.0299. The van der Waals surface area contributed by atoms with Crippen molar-refractivity contribution in [3.8, 4) is 0 Å². The van der Waals surface area contributed by atoms with Crippen LogP contribution in [0, 0.1) is 6.92 Å². The molecule has 0 spiro atoms. The van der Waals surface area contributed by atoms with E-state index in [4.69, 9.17) is 5.11 Å². The topological polar surface area (TPSA) is 78.4 Å². The van der Waals surface area contributed by atoms with Crippen LogP contribution in [0.1, 0.15) is 31.2 Å². The summed E-state index contributed by atoms with van der Waals surface area (Å²) in [5, 5.41) is 14.5. The number of hydrogen-bond acceptors (Lipinski definition) is 2. The van der Waals surface area contributed by atoms with Gasteiger partial charge in [0.15, 0.2) is 0 Å². The van der Waals surface area contributed by atoms with Gasteiger partial charge < -0.3 is 15.7 Å². The zero-order valence-electron chi connectivity index (χ0n) is 11.2. The molecule has 1 aromatic rings. The van der Waals surface area contributed by atoms with Crippen molar-refractivity contribution in [3.63, 3.8) is 0 Å². The maximum absolute atomic E-state index is 12.0. The molecule has 0 aliphatic heterocycles. The summed E-state index contributed by atoms with van der Waals surface area (Å²) in [5.41, 5.74) is 1.06. The minimum atomic E-state index is -0.886. The first-order chi connectivity index (χ1) is 9.42. The van der Waals surface area contributed by atoms with Crippen LogP contribution in [0.5, 0.6) is 0 Å². The first-order valence-electron chi connectivity index (χ1n) is 6.48. The van der Waals surface area contributed by atoms with Crippen molar-refractivity contribution in [1.82, 2.24) is 5.32 Å². The lowest BCUT2D eigenvalue weighted by Crippen LogP contribution is -2.55. The van der Waals surface area contributed by atoms with Crippen LogP contribution in [0.4, 0.5) is 10.5 Å². The summed E-state index contributed by atoms with van der Waals surface area (Å²) < 4.78 is 0.916. The molecular formula is C14H17BrN2O3. The van der Waals surface area contributed by atoms with Crippen molar-refractivity contribution in [2.24, 2.45) is 0 Å². The van der Waals surface area contributed by atoms with Crippen LogP contribution in [0.25, 0.3) is 0 Å². The van der Waals surface area contributed by atoms with Gasteiger partial charge in [-0.15, -0.1) is 0 Å². The van der Waals surface area contributed by atoms with Gasteiger partial charge >= 0.3 is 12.0 Å². The SMILES string of the molecule is Cc1c(Br)cccc1NC(=O)NC1(CC(=O)O)CCC1. The van der Waals surface area contributed by atoms with Crippen LogP contribution in [-0.2, 0) is 4.79 Å². The average molecular weight is 341 g/mol. The highest BCUT2D eigenvalue weighted by Gasteiger charge is 2.40. The van der Waals surface area contributed by atoms with Crippen molar-refractivity contribution >= 4 is 33.6 Å². The first-order valence-corrected chi connectivity index (χ1v) is 7.27. The Morgan fingerprint density at radius 2 is 2.10 bits per heavy atom. The Morgan fingerprint density at radius 1 is 1.40 bits per heavy atom. The van der Waals surface area contributed by atoms with Crippen LogP contribution in [-0.4, -0.2) is 22.6 Å². The first kappa shape index (κ1) is 14.8. The Hall–Kier alpha value is -1.56.